The molecule has 0 spiro atoms. The molecule has 0 aliphatic carbocycles. The molecule has 0 aliphatic rings. The molecule has 0 aliphatic heterocycles. The second-order valence-corrected chi connectivity index (χ2v) is 4.89. The zero-order valence-electron chi connectivity index (χ0n) is 8.63. The quantitative estimate of drug-likeness (QED) is 0.841. The lowest BCUT2D eigenvalue weighted by Gasteiger charge is -2.09. The number of nitrogens with one attached hydrogen (secondary N) is 1. The molecule has 82 valence electrons. The normalized spacial score (nSPS) is 10.1. The Kier molecular flexibility index (Phi) is 4.47. The van der Waals surface area contributed by atoms with E-state index in [1.165, 1.54) is 11.8 Å². The molecule has 0 unspecified atom stereocenters. The van der Waals surface area contributed by atoms with Gasteiger partial charge in [0.15, 0.2) is 0 Å². The Hall–Kier alpha value is -0.680. The van der Waals surface area contributed by atoms with E-state index >= 15 is 0 Å². The molecule has 0 saturated heterocycles. The SMILES string of the molecule is CSCC(=O)Nc1cc(N)c(C)cc1Br. The third-order valence-corrected chi connectivity index (χ3v) is 3.11. The summed E-state index contributed by atoms with van der Waals surface area (Å²) in [5, 5.41) is 2.79. The molecule has 3 N–H and O–H groups in total. The van der Waals surface area contributed by atoms with Crippen LogP contribution in [0, 0.1) is 6.92 Å². The average molecular weight is 289 g/mol. The third-order valence-electron chi connectivity index (χ3n) is 1.91. The highest BCUT2D eigenvalue weighted by molar-refractivity contribution is 9.10. The van der Waals surface area contributed by atoms with Gasteiger partial charge in [0.2, 0.25) is 5.91 Å². The van der Waals surface area contributed by atoms with Gasteiger partial charge < -0.3 is 11.1 Å². The number of carbonyl (C=O) groups is 1. The Morgan fingerprint density at radius 3 is 2.87 bits per heavy atom. The Labute approximate surface area is 102 Å². The number of carbonyl (C=O) groups excluding carboxylic acids is 1. The van der Waals surface area contributed by atoms with Crippen molar-refractivity contribution in [3.63, 3.8) is 0 Å². The average Bonchev–Trinajstić information content (AvgIpc) is 2.14. The molecule has 0 heterocycles. The summed E-state index contributed by atoms with van der Waals surface area (Å²) in [6, 6.07) is 3.65. The standard InChI is InChI=1S/C10H13BrN2OS/c1-6-3-7(11)9(4-8(6)12)13-10(14)5-15-2/h3-4H,5,12H2,1-2H3,(H,13,14). The zero-order valence-corrected chi connectivity index (χ0v) is 11.0. The van der Waals surface area contributed by atoms with Crippen LogP contribution in [0.1, 0.15) is 5.56 Å². The molecule has 1 rings (SSSR count). The van der Waals surface area contributed by atoms with Crippen LogP contribution in [-0.2, 0) is 4.79 Å². The molecule has 5 heteroatoms. The number of hydrogen-bond acceptors (Lipinski definition) is 3. The molecular formula is C10H13BrN2OS. The fourth-order valence-corrected chi connectivity index (χ4v) is 1.99. The van der Waals surface area contributed by atoms with Gasteiger partial charge in [-0.3, -0.25) is 4.79 Å². The van der Waals surface area contributed by atoms with E-state index in [0.29, 0.717) is 11.4 Å². The van der Waals surface area contributed by atoms with Crippen LogP contribution in [0.3, 0.4) is 0 Å². The fraction of sp³-hybridized carbons (Fsp3) is 0.300. The van der Waals surface area contributed by atoms with Crippen molar-refractivity contribution in [2.75, 3.05) is 23.1 Å². The first-order chi connectivity index (χ1) is 7.04. The zero-order chi connectivity index (χ0) is 11.4. The van der Waals surface area contributed by atoms with Crippen molar-refractivity contribution in [3.05, 3.63) is 22.2 Å². The van der Waals surface area contributed by atoms with Crippen LogP contribution in [0.15, 0.2) is 16.6 Å². The van der Waals surface area contributed by atoms with Gasteiger partial charge in [-0.1, -0.05) is 0 Å². The molecule has 0 bridgehead atoms. The van der Waals surface area contributed by atoms with Crippen molar-refractivity contribution >= 4 is 45.0 Å². The molecule has 3 nitrogen and oxygen atoms in total. The summed E-state index contributed by atoms with van der Waals surface area (Å²) in [7, 11) is 0. The smallest absolute Gasteiger partial charge is 0.234 e. The minimum absolute atomic E-state index is 0.0218. The maximum absolute atomic E-state index is 11.4. The van der Waals surface area contributed by atoms with Crippen LogP contribution in [0.5, 0.6) is 0 Å². The van der Waals surface area contributed by atoms with Crippen molar-refractivity contribution in [1.82, 2.24) is 0 Å². The summed E-state index contributed by atoms with van der Waals surface area (Å²) < 4.78 is 0.851. The van der Waals surface area contributed by atoms with Crippen molar-refractivity contribution in [2.24, 2.45) is 0 Å². The number of nitrogen functional groups attached to an aromatic ring is 1. The van der Waals surface area contributed by atoms with Crippen LogP contribution in [-0.4, -0.2) is 17.9 Å². The summed E-state index contributed by atoms with van der Waals surface area (Å²) in [4.78, 5) is 11.4. The first-order valence-electron chi connectivity index (χ1n) is 4.39. The van der Waals surface area contributed by atoms with Crippen molar-refractivity contribution in [2.45, 2.75) is 6.92 Å². The van der Waals surface area contributed by atoms with E-state index in [0.717, 1.165) is 15.7 Å². The number of benzene rings is 1. The second kappa shape index (κ2) is 5.42. The van der Waals surface area contributed by atoms with Gasteiger partial charge >= 0.3 is 0 Å². The predicted molar refractivity (Wildman–Crippen MR) is 70.3 cm³/mol. The minimum Gasteiger partial charge on any atom is -0.398 e. The first-order valence-corrected chi connectivity index (χ1v) is 6.57. The Bertz CT molecular complexity index is 382. The highest BCUT2D eigenvalue weighted by atomic mass is 79.9. The largest absolute Gasteiger partial charge is 0.398 e. The van der Waals surface area contributed by atoms with Crippen molar-refractivity contribution < 1.29 is 4.79 Å². The summed E-state index contributed by atoms with van der Waals surface area (Å²) >= 11 is 4.87. The number of hydrogen-bond donors (Lipinski definition) is 2. The van der Waals surface area contributed by atoms with E-state index in [1.54, 1.807) is 6.07 Å². The monoisotopic (exact) mass is 288 g/mol. The molecule has 1 aromatic rings. The van der Waals surface area contributed by atoms with Gasteiger partial charge in [0, 0.05) is 10.2 Å². The number of halogens is 1. The summed E-state index contributed by atoms with van der Waals surface area (Å²) in [6.45, 7) is 1.92. The van der Waals surface area contributed by atoms with Crippen LogP contribution in [0.25, 0.3) is 0 Å². The van der Waals surface area contributed by atoms with Gasteiger partial charge in [-0.25, -0.2) is 0 Å². The molecule has 1 amide bonds. The lowest BCUT2D eigenvalue weighted by molar-refractivity contribution is -0.113. The van der Waals surface area contributed by atoms with Crippen LogP contribution < -0.4 is 11.1 Å². The van der Waals surface area contributed by atoms with E-state index in [4.69, 9.17) is 5.73 Å². The van der Waals surface area contributed by atoms with E-state index < -0.39 is 0 Å². The van der Waals surface area contributed by atoms with E-state index in [-0.39, 0.29) is 5.91 Å². The van der Waals surface area contributed by atoms with Gasteiger partial charge in [-0.2, -0.15) is 11.8 Å². The molecule has 0 fully saturated rings. The summed E-state index contributed by atoms with van der Waals surface area (Å²) in [5.41, 5.74) is 8.15. The number of anilines is 2. The maximum Gasteiger partial charge on any atom is 0.234 e. The molecule has 1 aromatic carbocycles. The van der Waals surface area contributed by atoms with Gasteiger partial charge in [0.1, 0.15) is 0 Å². The number of amides is 1. The third kappa shape index (κ3) is 3.43. The molecule has 0 saturated carbocycles. The van der Waals surface area contributed by atoms with E-state index in [1.807, 2.05) is 19.2 Å². The van der Waals surface area contributed by atoms with Gasteiger partial charge in [-0.05, 0) is 46.8 Å². The number of thioether (sulfide) groups is 1. The van der Waals surface area contributed by atoms with Crippen molar-refractivity contribution in [3.8, 4) is 0 Å². The number of nitrogens with two attached hydrogens (primary N) is 1. The highest BCUT2D eigenvalue weighted by Gasteiger charge is 2.06. The number of rotatable bonds is 3. The van der Waals surface area contributed by atoms with Gasteiger partial charge in [0.25, 0.3) is 0 Å². The topological polar surface area (TPSA) is 55.1 Å². The van der Waals surface area contributed by atoms with Gasteiger partial charge in [0.05, 0.1) is 11.4 Å². The van der Waals surface area contributed by atoms with Crippen LogP contribution in [0.2, 0.25) is 0 Å². The summed E-state index contributed by atoms with van der Waals surface area (Å²) in [6.07, 6.45) is 1.89. The van der Waals surface area contributed by atoms with E-state index in [9.17, 15) is 4.79 Å². The predicted octanol–water partition coefficient (Wildman–Crippen LogP) is 2.64. The Morgan fingerprint density at radius 1 is 1.60 bits per heavy atom. The minimum atomic E-state index is -0.0218. The molecule has 0 atom stereocenters. The second-order valence-electron chi connectivity index (χ2n) is 3.17. The fourth-order valence-electron chi connectivity index (χ4n) is 1.10. The first kappa shape index (κ1) is 12.4. The van der Waals surface area contributed by atoms with Crippen LogP contribution in [0.4, 0.5) is 11.4 Å². The maximum atomic E-state index is 11.4. The van der Waals surface area contributed by atoms with E-state index in [2.05, 4.69) is 21.2 Å². The lowest BCUT2D eigenvalue weighted by Crippen LogP contribution is -2.14. The number of aryl methyl sites for hydroxylation is 1. The Balaban J connectivity index is 2.86. The van der Waals surface area contributed by atoms with Crippen molar-refractivity contribution in [1.29, 1.82) is 0 Å². The molecule has 0 aromatic heterocycles. The summed E-state index contributed by atoms with van der Waals surface area (Å²) in [5.74, 6) is 0.423. The molecular weight excluding hydrogens is 276 g/mol. The Morgan fingerprint density at radius 2 is 2.27 bits per heavy atom. The van der Waals surface area contributed by atoms with Gasteiger partial charge in [-0.15, -0.1) is 0 Å². The molecule has 15 heavy (non-hydrogen) atoms. The van der Waals surface area contributed by atoms with Crippen LogP contribution >= 0.6 is 27.7 Å². The molecule has 0 radical (unpaired) electrons. The highest BCUT2D eigenvalue weighted by Crippen LogP contribution is 2.27. The lowest BCUT2D eigenvalue weighted by atomic mass is 10.2.